The van der Waals surface area contributed by atoms with Crippen LogP contribution in [0.15, 0.2) is 46.1 Å². The van der Waals surface area contributed by atoms with Gasteiger partial charge in [-0.2, -0.15) is 0 Å². The Morgan fingerprint density at radius 2 is 2.12 bits per heavy atom. The van der Waals surface area contributed by atoms with E-state index in [0.29, 0.717) is 12.0 Å². The molecule has 3 heteroatoms. The molecule has 0 N–H and O–H groups in total. The van der Waals surface area contributed by atoms with Gasteiger partial charge in [0.1, 0.15) is 5.58 Å². The fourth-order valence-corrected chi connectivity index (χ4v) is 1.82. The Morgan fingerprint density at radius 3 is 2.76 bits per heavy atom. The second-order valence-electron chi connectivity index (χ2n) is 4.16. The van der Waals surface area contributed by atoms with Crippen LogP contribution in [0.5, 0.6) is 0 Å². The fourth-order valence-electron chi connectivity index (χ4n) is 1.82. The smallest absolute Gasteiger partial charge is 0.336 e. The second-order valence-corrected chi connectivity index (χ2v) is 4.16. The molecule has 2 rings (SSSR count). The standard InChI is InChI=1S/C14H15NO2/c1-4-5-10-8-14(16)17-13-9-11(15(2)3)6-7-12(10)13/h4,6-9H,1,5H2,2-3H3. The van der Waals surface area contributed by atoms with E-state index in [1.807, 2.05) is 37.2 Å². The number of fused-ring (bicyclic) bond motifs is 1. The summed E-state index contributed by atoms with van der Waals surface area (Å²) in [5, 5.41) is 0.968. The van der Waals surface area contributed by atoms with E-state index in [2.05, 4.69) is 6.58 Å². The Hall–Kier alpha value is -2.03. The maximum atomic E-state index is 11.4. The highest BCUT2D eigenvalue weighted by Crippen LogP contribution is 2.22. The van der Waals surface area contributed by atoms with Crippen LogP contribution in [0.3, 0.4) is 0 Å². The van der Waals surface area contributed by atoms with Crippen molar-refractivity contribution < 1.29 is 4.42 Å². The molecule has 1 heterocycles. The fraction of sp³-hybridized carbons (Fsp3) is 0.214. The summed E-state index contributed by atoms with van der Waals surface area (Å²) in [6, 6.07) is 7.39. The van der Waals surface area contributed by atoms with E-state index < -0.39 is 0 Å². The van der Waals surface area contributed by atoms with Crippen molar-refractivity contribution >= 4 is 16.7 Å². The molecule has 0 saturated carbocycles. The van der Waals surface area contributed by atoms with Gasteiger partial charge in [0.15, 0.2) is 0 Å². The van der Waals surface area contributed by atoms with Gasteiger partial charge < -0.3 is 9.32 Å². The maximum absolute atomic E-state index is 11.4. The number of hydrogen-bond acceptors (Lipinski definition) is 3. The van der Waals surface area contributed by atoms with Crippen LogP contribution in [0.4, 0.5) is 5.69 Å². The van der Waals surface area contributed by atoms with E-state index in [-0.39, 0.29) is 5.63 Å². The molecule has 0 aliphatic heterocycles. The van der Waals surface area contributed by atoms with Crippen LogP contribution in [0.1, 0.15) is 5.56 Å². The molecule has 0 atom stereocenters. The van der Waals surface area contributed by atoms with Crippen molar-refractivity contribution in [1.82, 2.24) is 0 Å². The zero-order chi connectivity index (χ0) is 12.4. The first-order valence-corrected chi connectivity index (χ1v) is 5.47. The molecule has 88 valence electrons. The van der Waals surface area contributed by atoms with E-state index in [1.165, 1.54) is 6.07 Å². The lowest BCUT2D eigenvalue weighted by Crippen LogP contribution is -2.08. The number of hydrogen-bond donors (Lipinski definition) is 0. The quantitative estimate of drug-likeness (QED) is 0.599. The van der Waals surface area contributed by atoms with Crippen LogP contribution in [0, 0.1) is 0 Å². The average Bonchev–Trinajstić information content (AvgIpc) is 2.28. The Morgan fingerprint density at radius 1 is 1.35 bits per heavy atom. The summed E-state index contributed by atoms with van der Waals surface area (Å²) in [4.78, 5) is 13.4. The molecule has 0 aliphatic rings. The predicted molar refractivity (Wildman–Crippen MR) is 70.7 cm³/mol. The third-order valence-electron chi connectivity index (χ3n) is 2.69. The van der Waals surface area contributed by atoms with Gasteiger partial charge in [0, 0.05) is 37.3 Å². The van der Waals surface area contributed by atoms with E-state index in [4.69, 9.17) is 4.42 Å². The van der Waals surface area contributed by atoms with Crippen LogP contribution < -0.4 is 10.5 Å². The molecule has 1 aromatic carbocycles. The first-order chi connectivity index (χ1) is 8.11. The van der Waals surface area contributed by atoms with Gasteiger partial charge in [-0.05, 0) is 24.1 Å². The number of allylic oxidation sites excluding steroid dienone is 1. The highest BCUT2D eigenvalue weighted by Gasteiger charge is 2.06. The second kappa shape index (κ2) is 4.45. The summed E-state index contributed by atoms with van der Waals surface area (Å²) < 4.78 is 5.22. The summed E-state index contributed by atoms with van der Waals surface area (Å²) in [6.45, 7) is 3.70. The Labute approximate surface area is 100.0 Å². The van der Waals surface area contributed by atoms with Crippen molar-refractivity contribution in [3.63, 3.8) is 0 Å². The first-order valence-electron chi connectivity index (χ1n) is 5.47. The number of benzene rings is 1. The Bertz CT molecular complexity index is 611. The summed E-state index contributed by atoms with van der Waals surface area (Å²) in [5.41, 5.74) is 2.28. The van der Waals surface area contributed by atoms with Gasteiger partial charge in [-0.15, -0.1) is 6.58 Å². The average molecular weight is 229 g/mol. The third kappa shape index (κ3) is 2.23. The third-order valence-corrected chi connectivity index (χ3v) is 2.69. The Balaban J connectivity index is 2.70. The van der Waals surface area contributed by atoms with Crippen molar-refractivity contribution in [3.05, 3.63) is 52.9 Å². The Kier molecular flexibility index (Phi) is 3.00. The molecule has 0 amide bonds. The topological polar surface area (TPSA) is 33.5 Å². The molecule has 3 nitrogen and oxygen atoms in total. The lowest BCUT2D eigenvalue weighted by molar-refractivity contribution is 0.559. The zero-order valence-electron chi connectivity index (χ0n) is 10.1. The van der Waals surface area contributed by atoms with Gasteiger partial charge in [0.25, 0.3) is 0 Å². The summed E-state index contributed by atoms with van der Waals surface area (Å²) in [6.07, 6.45) is 2.46. The molecule has 1 aromatic heterocycles. The van der Waals surface area contributed by atoms with Crippen LogP contribution in [0.2, 0.25) is 0 Å². The minimum atomic E-state index is -0.315. The van der Waals surface area contributed by atoms with E-state index in [1.54, 1.807) is 6.08 Å². The molecule has 0 aliphatic carbocycles. The van der Waals surface area contributed by atoms with Crippen molar-refractivity contribution in [2.24, 2.45) is 0 Å². The normalized spacial score (nSPS) is 10.5. The largest absolute Gasteiger partial charge is 0.423 e. The molecule has 0 spiro atoms. The number of rotatable bonds is 3. The van der Waals surface area contributed by atoms with E-state index >= 15 is 0 Å². The first kappa shape index (κ1) is 11.5. The number of anilines is 1. The van der Waals surface area contributed by atoms with Crippen LogP contribution >= 0.6 is 0 Å². The summed E-state index contributed by atoms with van der Waals surface area (Å²) >= 11 is 0. The van der Waals surface area contributed by atoms with E-state index in [0.717, 1.165) is 16.6 Å². The van der Waals surface area contributed by atoms with Gasteiger partial charge in [0.2, 0.25) is 0 Å². The summed E-state index contributed by atoms with van der Waals surface area (Å²) in [5.74, 6) is 0. The molecule has 0 fully saturated rings. The highest BCUT2D eigenvalue weighted by molar-refractivity contribution is 5.83. The van der Waals surface area contributed by atoms with Crippen LogP contribution in [-0.4, -0.2) is 14.1 Å². The molecule has 0 bridgehead atoms. The van der Waals surface area contributed by atoms with Gasteiger partial charge in [-0.3, -0.25) is 0 Å². The van der Waals surface area contributed by atoms with Crippen molar-refractivity contribution in [2.45, 2.75) is 6.42 Å². The maximum Gasteiger partial charge on any atom is 0.336 e. The SMILES string of the molecule is C=CCc1cc(=O)oc2cc(N(C)C)ccc12. The van der Waals surface area contributed by atoms with Crippen molar-refractivity contribution in [1.29, 1.82) is 0 Å². The molecule has 2 aromatic rings. The van der Waals surface area contributed by atoms with Gasteiger partial charge >= 0.3 is 5.63 Å². The highest BCUT2D eigenvalue weighted by atomic mass is 16.4. The molecule has 0 radical (unpaired) electrons. The molecular formula is C14H15NO2. The molecular weight excluding hydrogens is 214 g/mol. The summed E-state index contributed by atoms with van der Waals surface area (Å²) in [7, 11) is 3.90. The lowest BCUT2D eigenvalue weighted by Gasteiger charge is -2.13. The van der Waals surface area contributed by atoms with Gasteiger partial charge in [-0.25, -0.2) is 4.79 Å². The molecule has 0 saturated heterocycles. The molecule has 17 heavy (non-hydrogen) atoms. The van der Waals surface area contributed by atoms with Crippen molar-refractivity contribution in [2.75, 3.05) is 19.0 Å². The zero-order valence-corrected chi connectivity index (χ0v) is 10.1. The monoisotopic (exact) mass is 229 g/mol. The molecule has 0 unspecified atom stereocenters. The van der Waals surface area contributed by atoms with Gasteiger partial charge in [-0.1, -0.05) is 6.08 Å². The van der Waals surface area contributed by atoms with Crippen LogP contribution in [0.25, 0.3) is 11.0 Å². The number of nitrogens with zero attached hydrogens (tertiary/aromatic N) is 1. The van der Waals surface area contributed by atoms with Crippen molar-refractivity contribution in [3.8, 4) is 0 Å². The van der Waals surface area contributed by atoms with E-state index in [9.17, 15) is 4.79 Å². The minimum Gasteiger partial charge on any atom is -0.423 e. The minimum absolute atomic E-state index is 0.315. The van der Waals surface area contributed by atoms with Gasteiger partial charge in [0.05, 0.1) is 0 Å². The van der Waals surface area contributed by atoms with Crippen LogP contribution in [-0.2, 0) is 6.42 Å². The lowest BCUT2D eigenvalue weighted by atomic mass is 10.1. The predicted octanol–water partition coefficient (Wildman–Crippen LogP) is 2.59.